The minimum absolute atomic E-state index is 0.0388. The van der Waals surface area contributed by atoms with Gasteiger partial charge >= 0.3 is 0 Å². The zero-order chi connectivity index (χ0) is 10.6. The molecule has 1 aliphatic heterocycles. The smallest absolute Gasteiger partial charge is 0.0841 e. The fourth-order valence-electron chi connectivity index (χ4n) is 1.93. The van der Waals surface area contributed by atoms with Gasteiger partial charge in [-0.05, 0) is 32.1 Å². The molecular weight excluding hydrogens is 180 g/mol. The molecule has 4 unspecified atom stereocenters. The maximum atomic E-state index is 9.98. The standard InChI is InChI=1S/C11H22O3/c1-8(6-7-13-3)11(12)10-5-4-9(2)14-10/h8-12H,4-7H2,1-3H3. The first kappa shape index (κ1) is 12.0. The summed E-state index contributed by atoms with van der Waals surface area (Å²) in [5.41, 5.74) is 0. The zero-order valence-corrected chi connectivity index (χ0v) is 9.40. The van der Waals surface area contributed by atoms with Gasteiger partial charge in [-0.1, -0.05) is 6.92 Å². The van der Waals surface area contributed by atoms with Crippen molar-refractivity contribution in [1.82, 2.24) is 0 Å². The first-order valence-corrected chi connectivity index (χ1v) is 5.47. The predicted molar refractivity (Wildman–Crippen MR) is 55.2 cm³/mol. The SMILES string of the molecule is COCCC(C)C(O)C1CCC(C)O1. The summed E-state index contributed by atoms with van der Waals surface area (Å²) < 4.78 is 10.6. The van der Waals surface area contributed by atoms with Gasteiger partial charge in [0.05, 0.1) is 18.3 Å². The quantitative estimate of drug-likeness (QED) is 0.735. The van der Waals surface area contributed by atoms with Gasteiger partial charge in [-0.15, -0.1) is 0 Å². The maximum absolute atomic E-state index is 9.98. The topological polar surface area (TPSA) is 38.7 Å². The largest absolute Gasteiger partial charge is 0.390 e. The Hall–Kier alpha value is -0.120. The van der Waals surface area contributed by atoms with Crippen molar-refractivity contribution in [3.05, 3.63) is 0 Å². The third-order valence-electron chi connectivity index (χ3n) is 3.01. The minimum atomic E-state index is -0.338. The number of ether oxygens (including phenoxy) is 2. The summed E-state index contributed by atoms with van der Waals surface area (Å²) in [6, 6.07) is 0. The molecule has 0 aliphatic carbocycles. The molecule has 0 amide bonds. The molecule has 0 radical (unpaired) electrons. The third kappa shape index (κ3) is 3.23. The molecular formula is C11H22O3. The van der Waals surface area contributed by atoms with Crippen LogP contribution in [0.15, 0.2) is 0 Å². The van der Waals surface area contributed by atoms with Crippen LogP contribution in [0, 0.1) is 5.92 Å². The van der Waals surface area contributed by atoms with Crippen LogP contribution < -0.4 is 0 Å². The number of hydrogen-bond donors (Lipinski definition) is 1. The van der Waals surface area contributed by atoms with Crippen LogP contribution in [-0.2, 0) is 9.47 Å². The Kier molecular flexibility index (Phi) is 4.85. The molecule has 3 heteroatoms. The zero-order valence-electron chi connectivity index (χ0n) is 9.40. The molecule has 0 saturated carbocycles. The predicted octanol–water partition coefficient (Wildman–Crippen LogP) is 1.59. The van der Waals surface area contributed by atoms with Crippen molar-refractivity contribution >= 4 is 0 Å². The van der Waals surface area contributed by atoms with Crippen LogP contribution in [0.3, 0.4) is 0 Å². The van der Waals surface area contributed by atoms with Gasteiger partial charge in [-0.2, -0.15) is 0 Å². The van der Waals surface area contributed by atoms with Gasteiger partial charge in [0, 0.05) is 13.7 Å². The van der Waals surface area contributed by atoms with Crippen molar-refractivity contribution in [3.8, 4) is 0 Å². The number of aliphatic hydroxyl groups excluding tert-OH is 1. The molecule has 1 heterocycles. The average molecular weight is 202 g/mol. The van der Waals surface area contributed by atoms with Gasteiger partial charge < -0.3 is 14.6 Å². The molecule has 84 valence electrons. The van der Waals surface area contributed by atoms with Gasteiger partial charge in [0.15, 0.2) is 0 Å². The van der Waals surface area contributed by atoms with Crippen molar-refractivity contribution in [2.24, 2.45) is 5.92 Å². The summed E-state index contributed by atoms with van der Waals surface area (Å²) >= 11 is 0. The van der Waals surface area contributed by atoms with Crippen molar-refractivity contribution in [2.45, 2.75) is 51.4 Å². The molecule has 1 fully saturated rings. The van der Waals surface area contributed by atoms with E-state index in [1.165, 1.54) is 0 Å². The minimum Gasteiger partial charge on any atom is -0.390 e. The lowest BCUT2D eigenvalue weighted by molar-refractivity contribution is -0.0542. The van der Waals surface area contributed by atoms with Crippen molar-refractivity contribution in [2.75, 3.05) is 13.7 Å². The maximum Gasteiger partial charge on any atom is 0.0841 e. The number of aliphatic hydroxyl groups is 1. The molecule has 3 nitrogen and oxygen atoms in total. The summed E-state index contributed by atoms with van der Waals surface area (Å²) in [5.74, 6) is 0.255. The third-order valence-corrected chi connectivity index (χ3v) is 3.01. The van der Waals surface area contributed by atoms with Crippen LogP contribution in [0.25, 0.3) is 0 Å². The van der Waals surface area contributed by atoms with Gasteiger partial charge in [0.25, 0.3) is 0 Å². The van der Waals surface area contributed by atoms with E-state index in [-0.39, 0.29) is 18.1 Å². The molecule has 14 heavy (non-hydrogen) atoms. The second kappa shape index (κ2) is 5.69. The van der Waals surface area contributed by atoms with Crippen molar-refractivity contribution in [1.29, 1.82) is 0 Å². The van der Waals surface area contributed by atoms with E-state index in [0.29, 0.717) is 12.7 Å². The van der Waals surface area contributed by atoms with Crippen LogP contribution in [-0.4, -0.2) is 37.1 Å². The number of methoxy groups -OCH3 is 1. The van der Waals surface area contributed by atoms with Gasteiger partial charge in [0.1, 0.15) is 0 Å². The Bertz CT molecular complexity index is 161. The van der Waals surface area contributed by atoms with Crippen molar-refractivity contribution < 1.29 is 14.6 Å². The monoisotopic (exact) mass is 202 g/mol. The molecule has 4 atom stereocenters. The van der Waals surface area contributed by atoms with E-state index < -0.39 is 0 Å². The summed E-state index contributed by atoms with van der Waals surface area (Å²) in [4.78, 5) is 0. The molecule has 0 bridgehead atoms. The molecule has 0 aromatic carbocycles. The summed E-state index contributed by atoms with van der Waals surface area (Å²) in [6.07, 6.45) is 2.96. The Morgan fingerprint density at radius 2 is 2.21 bits per heavy atom. The highest BCUT2D eigenvalue weighted by Crippen LogP contribution is 2.26. The van der Waals surface area contributed by atoms with E-state index in [9.17, 15) is 5.11 Å². The van der Waals surface area contributed by atoms with Crippen LogP contribution in [0.2, 0.25) is 0 Å². The van der Waals surface area contributed by atoms with Crippen LogP contribution in [0.4, 0.5) is 0 Å². The second-order valence-electron chi connectivity index (χ2n) is 4.31. The summed E-state index contributed by atoms with van der Waals surface area (Å²) in [5, 5.41) is 9.98. The molecule has 1 N–H and O–H groups in total. The second-order valence-corrected chi connectivity index (χ2v) is 4.31. The fraction of sp³-hybridized carbons (Fsp3) is 1.00. The molecule has 0 spiro atoms. The first-order chi connectivity index (χ1) is 6.65. The highest BCUT2D eigenvalue weighted by molar-refractivity contribution is 4.80. The Labute approximate surface area is 86.4 Å². The van der Waals surface area contributed by atoms with Crippen LogP contribution >= 0.6 is 0 Å². The molecule has 0 aromatic heterocycles. The summed E-state index contributed by atoms with van der Waals surface area (Å²) in [6.45, 7) is 4.82. The number of hydrogen-bond acceptors (Lipinski definition) is 3. The highest BCUT2D eigenvalue weighted by Gasteiger charge is 2.31. The van der Waals surface area contributed by atoms with Crippen LogP contribution in [0.1, 0.15) is 33.1 Å². The average Bonchev–Trinajstić information content (AvgIpc) is 2.60. The number of rotatable bonds is 5. The van der Waals surface area contributed by atoms with E-state index >= 15 is 0 Å². The Morgan fingerprint density at radius 3 is 2.71 bits per heavy atom. The van der Waals surface area contributed by atoms with Gasteiger partial charge in [-0.3, -0.25) is 0 Å². The van der Waals surface area contributed by atoms with Crippen molar-refractivity contribution in [3.63, 3.8) is 0 Å². The van der Waals surface area contributed by atoms with Gasteiger partial charge in [-0.25, -0.2) is 0 Å². The van der Waals surface area contributed by atoms with E-state index in [2.05, 4.69) is 13.8 Å². The molecule has 0 aromatic rings. The lowest BCUT2D eigenvalue weighted by Gasteiger charge is -2.24. The summed E-state index contributed by atoms with van der Waals surface area (Å²) in [7, 11) is 1.69. The Balaban J connectivity index is 2.28. The fourth-order valence-corrected chi connectivity index (χ4v) is 1.93. The first-order valence-electron chi connectivity index (χ1n) is 5.47. The van der Waals surface area contributed by atoms with Gasteiger partial charge in [0.2, 0.25) is 0 Å². The van der Waals surface area contributed by atoms with E-state index in [4.69, 9.17) is 9.47 Å². The van der Waals surface area contributed by atoms with Crippen LogP contribution in [0.5, 0.6) is 0 Å². The normalized spacial score (nSPS) is 31.7. The molecule has 1 aliphatic rings. The molecule has 1 saturated heterocycles. The lowest BCUT2D eigenvalue weighted by Crippen LogP contribution is -2.32. The lowest BCUT2D eigenvalue weighted by atomic mass is 9.95. The highest BCUT2D eigenvalue weighted by atomic mass is 16.5. The van der Waals surface area contributed by atoms with E-state index in [0.717, 1.165) is 19.3 Å². The molecule has 1 rings (SSSR count). The van der Waals surface area contributed by atoms with E-state index in [1.54, 1.807) is 7.11 Å². The Morgan fingerprint density at radius 1 is 1.50 bits per heavy atom. The van der Waals surface area contributed by atoms with E-state index in [1.807, 2.05) is 0 Å².